The van der Waals surface area contributed by atoms with Crippen molar-refractivity contribution < 1.29 is 13.2 Å². The second-order valence-electron chi connectivity index (χ2n) is 2.70. The van der Waals surface area contributed by atoms with Gasteiger partial charge in [0.05, 0.1) is 5.56 Å². The first-order valence-corrected chi connectivity index (χ1v) is 4.18. The maximum Gasteiger partial charge on any atom is 0.416 e. The highest BCUT2D eigenvalue weighted by Crippen LogP contribution is 2.31. The highest BCUT2D eigenvalue weighted by Gasteiger charge is 2.30. The van der Waals surface area contributed by atoms with Crippen LogP contribution in [0.15, 0.2) is 18.2 Å². The number of halogens is 4. The van der Waals surface area contributed by atoms with Gasteiger partial charge in [0.1, 0.15) is 7.85 Å². The summed E-state index contributed by atoms with van der Waals surface area (Å²) in [7, 11) is 1.78. The minimum atomic E-state index is -4.31. The fourth-order valence-electron chi connectivity index (χ4n) is 1.02. The van der Waals surface area contributed by atoms with Gasteiger partial charge in [-0.05, 0) is 18.2 Å². The van der Waals surface area contributed by atoms with Crippen LogP contribution in [-0.2, 0) is 12.5 Å². The quantitative estimate of drug-likeness (QED) is 0.619. The second-order valence-corrected chi connectivity index (χ2v) is 3.14. The number of hydrogen-bond acceptors (Lipinski definition) is 0. The van der Waals surface area contributed by atoms with E-state index < -0.39 is 11.7 Å². The topological polar surface area (TPSA) is 0 Å². The average Bonchev–Trinajstić information content (AvgIpc) is 2.01. The Labute approximate surface area is 80.1 Å². The SMILES string of the molecule is BCc1cc(Cl)cc(C(F)(F)F)c1. The third-order valence-corrected chi connectivity index (χ3v) is 1.91. The van der Waals surface area contributed by atoms with E-state index in [4.69, 9.17) is 11.6 Å². The summed E-state index contributed by atoms with van der Waals surface area (Å²) >= 11 is 5.53. The third-order valence-electron chi connectivity index (χ3n) is 1.69. The Hall–Kier alpha value is -0.635. The number of rotatable bonds is 1. The van der Waals surface area contributed by atoms with Crippen molar-refractivity contribution in [3.8, 4) is 0 Å². The molecule has 0 nitrogen and oxygen atoms in total. The van der Waals surface area contributed by atoms with E-state index in [0.29, 0.717) is 11.9 Å². The Morgan fingerprint density at radius 3 is 2.31 bits per heavy atom. The molecule has 0 N–H and O–H groups in total. The largest absolute Gasteiger partial charge is 0.416 e. The van der Waals surface area contributed by atoms with Crippen LogP contribution in [0.5, 0.6) is 0 Å². The first-order chi connectivity index (χ1) is 5.93. The molecule has 0 heterocycles. The van der Waals surface area contributed by atoms with Crippen molar-refractivity contribution in [1.29, 1.82) is 0 Å². The molecule has 0 radical (unpaired) electrons. The molecule has 0 saturated heterocycles. The zero-order valence-corrected chi connectivity index (χ0v) is 7.71. The molecule has 1 rings (SSSR count). The summed E-state index contributed by atoms with van der Waals surface area (Å²) < 4.78 is 36.7. The lowest BCUT2D eigenvalue weighted by Gasteiger charge is -2.08. The van der Waals surface area contributed by atoms with Gasteiger partial charge >= 0.3 is 6.18 Å². The summed E-state index contributed by atoms with van der Waals surface area (Å²) in [4.78, 5) is 0. The highest BCUT2D eigenvalue weighted by atomic mass is 35.5. The van der Waals surface area contributed by atoms with E-state index in [9.17, 15) is 13.2 Å². The van der Waals surface area contributed by atoms with Crippen LogP contribution in [0, 0.1) is 0 Å². The smallest absolute Gasteiger partial charge is 0.166 e. The lowest BCUT2D eigenvalue weighted by Crippen LogP contribution is -2.05. The summed E-state index contributed by atoms with van der Waals surface area (Å²) in [5.41, 5.74) is -0.0864. The van der Waals surface area contributed by atoms with Crippen LogP contribution in [0.4, 0.5) is 13.2 Å². The molecule has 5 heteroatoms. The van der Waals surface area contributed by atoms with Gasteiger partial charge in [0.25, 0.3) is 0 Å². The molecule has 0 aliphatic heterocycles. The zero-order valence-electron chi connectivity index (χ0n) is 6.95. The van der Waals surface area contributed by atoms with Crippen molar-refractivity contribution in [2.75, 3.05) is 0 Å². The van der Waals surface area contributed by atoms with Gasteiger partial charge in [0.2, 0.25) is 0 Å². The molecule has 13 heavy (non-hydrogen) atoms. The summed E-state index contributed by atoms with van der Waals surface area (Å²) in [6.07, 6.45) is -3.77. The molecule has 70 valence electrons. The molecule has 1 aromatic carbocycles. The van der Waals surface area contributed by atoms with Crippen molar-refractivity contribution in [3.63, 3.8) is 0 Å². The van der Waals surface area contributed by atoms with Crippen molar-refractivity contribution in [2.45, 2.75) is 12.5 Å². The first kappa shape index (κ1) is 10.4. The van der Waals surface area contributed by atoms with Gasteiger partial charge in [-0.3, -0.25) is 0 Å². The monoisotopic (exact) mass is 206 g/mol. The normalized spacial score (nSPS) is 11.7. The van der Waals surface area contributed by atoms with E-state index in [1.807, 2.05) is 0 Å². The van der Waals surface area contributed by atoms with Gasteiger partial charge < -0.3 is 0 Å². The molecular formula is C8H7BClF3. The fourth-order valence-corrected chi connectivity index (χ4v) is 1.28. The summed E-state index contributed by atoms with van der Waals surface area (Å²) in [5.74, 6) is 0. The predicted octanol–water partition coefficient (Wildman–Crippen LogP) is 2.49. The minimum absolute atomic E-state index is 0.131. The van der Waals surface area contributed by atoms with Gasteiger partial charge in [0.15, 0.2) is 0 Å². The van der Waals surface area contributed by atoms with Crippen molar-refractivity contribution in [1.82, 2.24) is 0 Å². The first-order valence-electron chi connectivity index (χ1n) is 3.80. The van der Waals surface area contributed by atoms with Crippen LogP contribution in [0.2, 0.25) is 5.02 Å². The van der Waals surface area contributed by atoms with E-state index in [0.717, 1.165) is 12.1 Å². The lowest BCUT2D eigenvalue weighted by atomic mass is 9.95. The van der Waals surface area contributed by atoms with E-state index in [-0.39, 0.29) is 5.02 Å². The van der Waals surface area contributed by atoms with Crippen LogP contribution in [-0.4, -0.2) is 7.85 Å². The number of alkyl halides is 3. The average molecular weight is 206 g/mol. The minimum Gasteiger partial charge on any atom is -0.166 e. The summed E-state index contributed by atoms with van der Waals surface area (Å²) in [6, 6.07) is 3.59. The summed E-state index contributed by atoms with van der Waals surface area (Å²) in [5, 5.41) is 0.131. The van der Waals surface area contributed by atoms with Crippen molar-refractivity contribution in [3.05, 3.63) is 34.3 Å². The van der Waals surface area contributed by atoms with Gasteiger partial charge in [-0.25, -0.2) is 0 Å². The van der Waals surface area contributed by atoms with Crippen LogP contribution >= 0.6 is 11.6 Å². The van der Waals surface area contributed by atoms with Crippen LogP contribution in [0.3, 0.4) is 0 Å². The van der Waals surface area contributed by atoms with Gasteiger partial charge in [-0.2, -0.15) is 13.2 Å². The number of benzene rings is 1. The Bertz CT molecular complexity index is 309. The van der Waals surface area contributed by atoms with E-state index in [2.05, 4.69) is 0 Å². The maximum absolute atomic E-state index is 12.2. The van der Waals surface area contributed by atoms with Crippen LogP contribution in [0.1, 0.15) is 11.1 Å². The van der Waals surface area contributed by atoms with Crippen LogP contribution < -0.4 is 0 Å². The van der Waals surface area contributed by atoms with Gasteiger partial charge in [-0.1, -0.05) is 23.5 Å². The van der Waals surface area contributed by atoms with Crippen molar-refractivity contribution in [2.24, 2.45) is 0 Å². The molecule has 0 aromatic heterocycles. The lowest BCUT2D eigenvalue weighted by molar-refractivity contribution is -0.137. The molecule has 0 bridgehead atoms. The number of hydrogen-bond donors (Lipinski definition) is 0. The molecular weight excluding hydrogens is 199 g/mol. The van der Waals surface area contributed by atoms with Crippen LogP contribution in [0.25, 0.3) is 0 Å². The van der Waals surface area contributed by atoms with E-state index in [1.54, 1.807) is 7.85 Å². The Morgan fingerprint density at radius 2 is 1.85 bits per heavy atom. The van der Waals surface area contributed by atoms with Gasteiger partial charge in [-0.15, -0.1) is 0 Å². The predicted molar refractivity (Wildman–Crippen MR) is 48.7 cm³/mol. The van der Waals surface area contributed by atoms with Crippen molar-refractivity contribution >= 4 is 19.4 Å². The van der Waals surface area contributed by atoms with E-state index >= 15 is 0 Å². The molecule has 0 aliphatic rings. The second kappa shape index (κ2) is 3.62. The maximum atomic E-state index is 12.2. The highest BCUT2D eigenvalue weighted by molar-refractivity contribution is 6.30. The van der Waals surface area contributed by atoms with Gasteiger partial charge in [0, 0.05) is 5.02 Å². The molecule has 0 fully saturated rings. The third kappa shape index (κ3) is 2.66. The molecule has 0 amide bonds. The Morgan fingerprint density at radius 1 is 1.23 bits per heavy atom. The Kier molecular flexibility index (Phi) is 2.91. The van der Waals surface area contributed by atoms with E-state index in [1.165, 1.54) is 6.07 Å². The molecule has 0 atom stereocenters. The molecule has 1 aromatic rings. The fraction of sp³-hybridized carbons (Fsp3) is 0.250. The standard InChI is InChI=1S/C8H7BClF3/c9-4-5-1-6(8(11,12)13)3-7(10)2-5/h1-3H,4,9H2. The molecule has 0 saturated carbocycles. The molecule has 0 aliphatic carbocycles. The Balaban J connectivity index is 3.16. The summed E-state index contributed by atoms with van der Waals surface area (Å²) in [6.45, 7) is 0. The molecule has 0 unspecified atom stereocenters. The molecule has 0 spiro atoms. The zero-order chi connectivity index (χ0) is 10.1.